The van der Waals surface area contributed by atoms with E-state index in [-0.39, 0.29) is 6.61 Å². The van der Waals surface area contributed by atoms with Crippen molar-refractivity contribution in [1.29, 1.82) is 0 Å². The summed E-state index contributed by atoms with van der Waals surface area (Å²) in [5, 5.41) is 12.7. The van der Waals surface area contributed by atoms with E-state index in [9.17, 15) is 5.11 Å². The van der Waals surface area contributed by atoms with E-state index >= 15 is 0 Å². The number of hydrogen-bond donors (Lipinski definition) is 2. The van der Waals surface area contributed by atoms with Gasteiger partial charge in [0.05, 0.1) is 6.61 Å². The van der Waals surface area contributed by atoms with Crippen molar-refractivity contribution in [2.24, 2.45) is 0 Å². The Morgan fingerprint density at radius 2 is 1.70 bits per heavy atom. The normalized spacial score (nSPS) is 15.6. The molecule has 2 aromatic heterocycles. The van der Waals surface area contributed by atoms with Crippen molar-refractivity contribution >= 4 is 11.6 Å². The van der Waals surface area contributed by atoms with Crippen LogP contribution < -0.4 is 10.2 Å². The fraction of sp³-hybridized carbons (Fsp3) is 0.292. The number of aromatic nitrogens is 3. The van der Waals surface area contributed by atoms with Crippen LogP contribution in [0.4, 0.5) is 11.6 Å². The van der Waals surface area contributed by atoms with Crippen LogP contribution in [0, 0.1) is 0 Å². The average Bonchev–Trinajstić information content (AvgIpc) is 3.60. The number of aliphatic hydroxyl groups excluding tert-OH is 1. The third-order valence-electron chi connectivity index (χ3n) is 5.83. The molecule has 3 aromatic rings. The zero-order chi connectivity index (χ0) is 20.3. The van der Waals surface area contributed by atoms with Gasteiger partial charge in [-0.3, -0.25) is 4.98 Å². The molecule has 30 heavy (non-hydrogen) atoms. The van der Waals surface area contributed by atoms with Crippen LogP contribution >= 0.6 is 0 Å². The Kier molecular flexibility index (Phi) is 5.15. The van der Waals surface area contributed by atoms with Crippen molar-refractivity contribution in [1.82, 2.24) is 15.0 Å². The maximum Gasteiger partial charge on any atom is 0.182 e. The first-order valence-electron chi connectivity index (χ1n) is 10.5. The van der Waals surface area contributed by atoms with Gasteiger partial charge in [0, 0.05) is 31.9 Å². The highest BCUT2D eigenvalue weighted by atomic mass is 16.3. The number of pyridine rings is 1. The minimum absolute atomic E-state index is 0.152. The van der Waals surface area contributed by atoms with Crippen LogP contribution in [0.5, 0.6) is 0 Å². The summed E-state index contributed by atoms with van der Waals surface area (Å²) >= 11 is 0. The maximum atomic E-state index is 9.26. The Hall–Kier alpha value is -3.25. The van der Waals surface area contributed by atoms with Gasteiger partial charge < -0.3 is 15.3 Å². The summed E-state index contributed by atoms with van der Waals surface area (Å²) in [4.78, 5) is 16.4. The molecule has 1 aliphatic heterocycles. The number of nitrogens with one attached hydrogen (secondary N) is 1. The van der Waals surface area contributed by atoms with Crippen molar-refractivity contribution in [2.75, 3.05) is 36.5 Å². The molecule has 1 aliphatic carbocycles. The van der Waals surface area contributed by atoms with Crippen LogP contribution in [-0.2, 0) is 12.8 Å². The lowest BCUT2D eigenvalue weighted by Crippen LogP contribution is -2.27. The lowest BCUT2D eigenvalue weighted by Gasteiger charge is -2.22. The van der Waals surface area contributed by atoms with Gasteiger partial charge in [-0.1, -0.05) is 30.3 Å². The van der Waals surface area contributed by atoms with Crippen molar-refractivity contribution in [3.05, 3.63) is 77.0 Å². The molecule has 3 heterocycles. The Labute approximate surface area is 176 Å². The summed E-state index contributed by atoms with van der Waals surface area (Å²) in [7, 11) is 0. The summed E-state index contributed by atoms with van der Waals surface area (Å²) in [6, 6.07) is 16.5. The minimum atomic E-state index is 0.152. The van der Waals surface area contributed by atoms with Crippen molar-refractivity contribution in [3.8, 4) is 11.5 Å². The molecule has 0 saturated carbocycles. The van der Waals surface area contributed by atoms with Crippen LogP contribution in [0.25, 0.3) is 11.5 Å². The van der Waals surface area contributed by atoms with Gasteiger partial charge >= 0.3 is 0 Å². The first kappa shape index (κ1) is 18.8. The maximum absolute atomic E-state index is 9.26. The second kappa shape index (κ2) is 8.24. The third kappa shape index (κ3) is 4.04. The minimum Gasteiger partial charge on any atom is -0.392 e. The van der Waals surface area contributed by atoms with E-state index in [1.807, 2.05) is 24.3 Å². The van der Waals surface area contributed by atoms with Gasteiger partial charge in [0.2, 0.25) is 0 Å². The molecule has 0 fully saturated rings. The molecule has 6 heteroatoms. The standard InChI is InChI=1S/C24H25N5O/c30-16-20-13-19(20)15-26-22-14-23(28-24(27-22)21-7-3-4-10-25-21)29-11-8-17-5-1-2-6-18(17)9-12-29/h1-7,10,14,30H,8-9,11-13,15-16H2,(H,26,27,28). The molecule has 0 atom stereocenters. The van der Waals surface area contributed by atoms with Crippen molar-refractivity contribution < 1.29 is 5.11 Å². The lowest BCUT2D eigenvalue weighted by atomic mass is 10.0. The Morgan fingerprint density at radius 3 is 2.37 bits per heavy atom. The number of benzene rings is 1. The first-order chi connectivity index (χ1) is 14.8. The molecule has 152 valence electrons. The fourth-order valence-corrected chi connectivity index (χ4v) is 3.96. The summed E-state index contributed by atoms with van der Waals surface area (Å²) in [5.41, 5.74) is 6.01. The molecule has 6 nitrogen and oxygen atoms in total. The van der Waals surface area contributed by atoms with E-state index in [1.54, 1.807) is 6.20 Å². The lowest BCUT2D eigenvalue weighted by molar-refractivity contribution is 0.335. The van der Waals surface area contributed by atoms with Crippen LogP contribution in [0.2, 0.25) is 0 Å². The highest BCUT2D eigenvalue weighted by Gasteiger charge is 2.21. The number of hydrogen-bond acceptors (Lipinski definition) is 6. The summed E-state index contributed by atoms with van der Waals surface area (Å²) in [6.45, 7) is 2.71. The fourth-order valence-electron chi connectivity index (χ4n) is 3.96. The molecule has 0 unspecified atom stereocenters. The molecule has 0 saturated heterocycles. The second-order valence-electron chi connectivity index (χ2n) is 7.80. The van der Waals surface area contributed by atoms with Gasteiger partial charge in [0.1, 0.15) is 17.3 Å². The summed E-state index contributed by atoms with van der Waals surface area (Å²) in [5.74, 6) is 2.34. The van der Waals surface area contributed by atoms with Crippen LogP contribution in [0.3, 0.4) is 0 Å². The van der Waals surface area contributed by atoms with E-state index in [0.717, 1.165) is 55.3 Å². The molecule has 5 rings (SSSR count). The second-order valence-corrected chi connectivity index (χ2v) is 7.80. The monoisotopic (exact) mass is 399 g/mol. The topological polar surface area (TPSA) is 74.2 Å². The van der Waals surface area contributed by atoms with E-state index in [2.05, 4.69) is 39.5 Å². The van der Waals surface area contributed by atoms with E-state index in [4.69, 9.17) is 9.97 Å². The van der Waals surface area contributed by atoms with Gasteiger partial charge in [-0.2, -0.15) is 0 Å². The molecule has 0 amide bonds. The van der Waals surface area contributed by atoms with Gasteiger partial charge in [-0.25, -0.2) is 9.97 Å². The highest BCUT2D eigenvalue weighted by Crippen LogP contribution is 2.30. The number of fused-ring (bicyclic) bond motifs is 1. The zero-order valence-corrected chi connectivity index (χ0v) is 16.9. The predicted octanol–water partition coefficient (Wildman–Crippen LogP) is 3.25. The average molecular weight is 399 g/mol. The van der Waals surface area contributed by atoms with Gasteiger partial charge in [0.25, 0.3) is 0 Å². The Morgan fingerprint density at radius 1 is 0.933 bits per heavy atom. The summed E-state index contributed by atoms with van der Waals surface area (Å²) < 4.78 is 0. The number of anilines is 2. The highest BCUT2D eigenvalue weighted by molar-refractivity contribution is 5.60. The van der Waals surface area contributed by atoms with Crippen molar-refractivity contribution in [2.45, 2.75) is 19.3 Å². The van der Waals surface area contributed by atoms with E-state index in [0.29, 0.717) is 12.4 Å². The van der Waals surface area contributed by atoms with Crippen LogP contribution in [0.15, 0.2) is 65.9 Å². The Bertz CT molecular complexity index is 1050. The first-order valence-corrected chi connectivity index (χ1v) is 10.5. The van der Waals surface area contributed by atoms with Gasteiger partial charge in [-0.15, -0.1) is 0 Å². The van der Waals surface area contributed by atoms with Gasteiger partial charge in [-0.05, 0) is 53.7 Å². The quantitative estimate of drug-likeness (QED) is 0.620. The van der Waals surface area contributed by atoms with Crippen LogP contribution in [0.1, 0.15) is 17.5 Å². The van der Waals surface area contributed by atoms with E-state index in [1.165, 1.54) is 16.7 Å². The molecular weight excluding hydrogens is 374 g/mol. The SMILES string of the molecule is OCC1=C(CNc2cc(N3CCc4ccccc4CC3)nc(-c3ccccn3)n2)C1. The third-order valence-corrected chi connectivity index (χ3v) is 5.83. The van der Waals surface area contributed by atoms with Crippen molar-refractivity contribution in [3.63, 3.8) is 0 Å². The molecule has 0 spiro atoms. The molecular formula is C24H25N5O. The Balaban J connectivity index is 1.43. The van der Waals surface area contributed by atoms with Gasteiger partial charge in [0.15, 0.2) is 5.82 Å². The molecule has 0 radical (unpaired) electrons. The largest absolute Gasteiger partial charge is 0.392 e. The smallest absolute Gasteiger partial charge is 0.182 e. The molecule has 1 aromatic carbocycles. The zero-order valence-electron chi connectivity index (χ0n) is 16.9. The molecule has 0 bridgehead atoms. The number of rotatable bonds is 6. The van der Waals surface area contributed by atoms with E-state index < -0.39 is 0 Å². The number of nitrogens with zero attached hydrogens (tertiary/aromatic N) is 4. The predicted molar refractivity (Wildman–Crippen MR) is 119 cm³/mol. The molecule has 2 aliphatic rings. The summed E-state index contributed by atoms with van der Waals surface area (Å²) in [6.07, 6.45) is 4.70. The van der Waals surface area contributed by atoms with Crippen LogP contribution in [-0.4, -0.2) is 46.3 Å². The molecule has 2 N–H and O–H groups in total. The number of aliphatic hydroxyl groups is 1.